The number of anilines is 1. The van der Waals surface area contributed by atoms with E-state index < -0.39 is 0 Å². The predicted octanol–water partition coefficient (Wildman–Crippen LogP) is 3.36. The lowest BCUT2D eigenvalue weighted by Crippen LogP contribution is -2.49. The van der Waals surface area contributed by atoms with Gasteiger partial charge in [-0.15, -0.1) is 10.2 Å². The fourth-order valence-corrected chi connectivity index (χ4v) is 4.02. The summed E-state index contributed by atoms with van der Waals surface area (Å²) >= 11 is 0. The second-order valence-electron chi connectivity index (χ2n) is 7.31. The monoisotopic (exact) mass is 354 g/mol. The van der Waals surface area contributed by atoms with Gasteiger partial charge in [-0.3, -0.25) is 4.79 Å². The van der Waals surface area contributed by atoms with Crippen molar-refractivity contribution in [3.63, 3.8) is 0 Å². The Morgan fingerprint density at radius 2 is 1.88 bits per heavy atom. The van der Waals surface area contributed by atoms with Crippen LogP contribution in [0.5, 0.6) is 0 Å². The topological polar surface area (TPSA) is 62.5 Å². The summed E-state index contributed by atoms with van der Waals surface area (Å²) < 4.78 is 5.34. The van der Waals surface area contributed by atoms with Gasteiger partial charge in [-0.25, -0.2) is 0 Å². The molecule has 2 fully saturated rings. The third kappa shape index (κ3) is 3.89. The number of hydrogen-bond acceptors (Lipinski definition) is 5. The average Bonchev–Trinajstić information content (AvgIpc) is 3.40. The van der Waals surface area contributed by atoms with Gasteiger partial charge in [-0.05, 0) is 36.6 Å². The van der Waals surface area contributed by atoms with E-state index in [1.165, 1.54) is 25.7 Å². The molecule has 0 aromatic carbocycles. The summed E-state index contributed by atoms with van der Waals surface area (Å²) in [6, 6.07) is 7.62. The summed E-state index contributed by atoms with van der Waals surface area (Å²) in [5.41, 5.74) is 0.736. The molecule has 1 saturated heterocycles. The number of nitrogens with zero attached hydrogens (tertiary/aromatic N) is 4. The maximum atomic E-state index is 12.4. The van der Waals surface area contributed by atoms with E-state index in [0.717, 1.165) is 55.8 Å². The Kier molecular flexibility index (Phi) is 5.18. The number of carbonyl (C=O) groups is 1. The molecule has 2 aromatic heterocycles. The summed E-state index contributed by atoms with van der Waals surface area (Å²) in [5.74, 6) is 2.68. The Balaban J connectivity index is 1.27. The molecule has 0 N–H and O–H groups in total. The molecule has 138 valence electrons. The van der Waals surface area contributed by atoms with Crippen LogP contribution < -0.4 is 4.90 Å². The Labute approximate surface area is 154 Å². The van der Waals surface area contributed by atoms with Crippen LogP contribution in [-0.4, -0.2) is 47.2 Å². The molecule has 0 atom stereocenters. The Morgan fingerprint density at radius 1 is 1.08 bits per heavy atom. The molecule has 2 aromatic rings. The van der Waals surface area contributed by atoms with Gasteiger partial charge in [0.2, 0.25) is 5.91 Å². The van der Waals surface area contributed by atoms with Crippen molar-refractivity contribution in [2.45, 2.75) is 38.5 Å². The van der Waals surface area contributed by atoms with Crippen LogP contribution in [0.3, 0.4) is 0 Å². The van der Waals surface area contributed by atoms with Crippen molar-refractivity contribution in [2.75, 3.05) is 31.1 Å². The molecule has 1 saturated carbocycles. The third-order valence-corrected chi connectivity index (χ3v) is 5.62. The van der Waals surface area contributed by atoms with Crippen LogP contribution in [0.1, 0.15) is 38.5 Å². The van der Waals surface area contributed by atoms with Gasteiger partial charge in [-0.1, -0.05) is 25.7 Å². The quantitative estimate of drug-likeness (QED) is 0.824. The maximum Gasteiger partial charge on any atom is 0.222 e. The Bertz CT molecular complexity index is 700. The molecular weight excluding hydrogens is 328 g/mol. The Hall–Kier alpha value is -2.37. The van der Waals surface area contributed by atoms with Crippen molar-refractivity contribution in [1.82, 2.24) is 15.1 Å². The highest BCUT2D eigenvalue weighted by Gasteiger charge is 2.23. The van der Waals surface area contributed by atoms with Gasteiger partial charge in [0, 0.05) is 32.6 Å². The first-order valence-corrected chi connectivity index (χ1v) is 9.70. The van der Waals surface area contributed by atoms with Gasteiger partial charge >= 0.3 is 0 Å². The zero-order valence-electron chi connectivity index (χ0n) is 15.1. The molecule has 1 amide bonds. The fourth-order valence-electron chi connectivity index (χ4n) is 4.02. The minimum absolute atomic E-state index is 0.316. The number of aromatic nitrogens is 2. The van der Waals surface area contributed by atoms with Crippen LogP contribution in [0.2, 0.25) is 0 Å². The average molecular weight is 354 g/mol. The first kappa shape index (κ1) is 17.1. The summed E-state index contributed by atoms with van der Waals surface area (Å²) in [5, 5.41) is 8.59. The normalized spacial score (nSPS) is 18.5. The number of piperazine rings is 1. The fraction of sp³-hybridized carbons (Fsp3) is 0.550. The molecule has 4 rings (SSSR count). The number of furan rings is 1. The highest BCUT2D eigenvalue weighted by atomic mass is 16.3. The standard InChI is InChI=1S/C20H26N4O2/c25-20(10-7-16-4-1-2-5-16)24-13-11-23(12-14-24)19-9-8-17(21-22-19)18-6-3-15-26-18/h3,6,8-9,15-16H,1-2,4-5,7,10-14H2. The molecule has 1 aliphatic carbocycles. The predicted molar refractivity (Wildman–Crippen MR) is 99.7 cm³/mol. The molecule has 0 radical (unpaired) electrons. The first-order chi connectivity index (χ1) is 12.8. The smallest absolute Gasteiger partial charge is 0.222 e. The highest BCUT2D eigenvalue weighted by molar-refractivity contribution is 5.76. The van der Waals surface area contributed by atoms with E-state index >= 15 is 0 Å². The van der Waals surface area contributed by atoms with Crippen molar-refractivity contribution >= 4 is 11.7 Å². The van der Waals surface area contributed by atoms with E-state index in [9.17, 15) is 4.79 Å². The minimum atomic E-state index is 0.316. The third-order valence-electron chi connectivity index (χ3n) is 5.62. The summed E-state index contributed by atoms with van der Waals surface area (Å²) in [6.45, 7) is 3.16. The van der Waals surface area contributed by atoms with E-state index in [4.69, 9.17) is 4.42 Å². The van der Waals surface area contributed by atoms with Crippen LogP contribution in [0.15, 0.2) is 34.9 Å². The van der Waals surface area contributed by atoms with Gasteiger partial charge in [-0.2, -0.15) is 0 Å². The van der Waals surface area contributed by atoms with Gasteiger partial charge in [0.1, 0.15) is 5.69 Å². The number of rotatable bonds is 5. The van der Waals surface area contributed by atoms with Gasteiger partial charge < -0.3 is 14.2 Å². The molecule has 6 heteroatoms. The van der Waals surface area contributed by atoms with E-state index in [1.807, 2.05) is 29.2 Å². The second-order valence-corrected chi connectivity index (χ2v) is 7.31. The van der Waals surface area contributed by atoms with E-state index in [-0.39, 0.29) is 0 Å². The van der Waals surface area contributed by atoms with Gasteiger partial charge in [0.25, 0.3) is 0 Å². The molecule has 0 bridgehead atoms. The van der Waals surface area contributed by atoms with E-state index in [0.29, 0.717) is 12.3 Å². The molecule has 26 heavy (non-hydrogen) atoms. The summed E-state index contributed by atoms with van der Waals surface area (Å²) in [4.78, 5) is 16.6. The largest absolute Gasteiger partial charge is 0.463 e. The van der Waals surface area contributed by atoms with Crippen LogP contribution in [0.4, 0.5) is 5.82 Å². The van der Waals surface area contributed by atoms with Crippen molar-refractivity contribution in [2.24, 2.45) is 5.92 Å². The maximum absolute atomic E-state index is 12.4. The lowest BCUT2D eigenvalue weighted by atomic mass is 10.0. The second kappa shape index (κ2) is 7.89. The zero-order valence-corrected chi connectivity index (χ0v) is 15.1. The van der Waals surface area contributed by atoms with E-state index in [2.05, 4.69) is 15.1 Å². The van der Waals surface area contributed by atoms with Gasteiger partial charge in [0.05, 0.1) is 6.26 Å². The zero-order chi connectivity index (χ0) is 17.8. The molecule has 3 heterocycles. The first-order valence-electron chi connectivity index (χ1n) is 9.70. The van der Waals surface area contributed by atoms with Crippen molar-refractivity contribution in [1.29, 1.82) is 0 Å². The van der Waals surface area contributed by atoms with Crippen LogP contribution in [-0.2, 0) is 4.79 Å². The molecular formula is C20H26N4O2. The number of amides is 1. The molecule has 6 nitrogen and oxygen atoms in total. The lowest BCUT2D eigenvalue weighted by molar-refractivity contribution is -0.131. The minimum Gasteiger partial charge on any atom is -0.463 e. The van der Waals surface area contributed by atoms with Crippen LogP contribution in [0.25, 0.3) is 11.5 Å². The Morgan fingerprint density at radius 3 is 2.54 bits per heavy atom. The summed E-state index contributed by atoms with van der Waals surface area (Å²) in [7, 11) is 0. The van der Waals surface area contributed by atoms with Crippen LogP contribution >= 0.6 is 0 Å². The van der Waals surface area contributed by atoms with Crippen molar-refractivity contribution in [3.8, 4) is 11.5 Å². The summed E-state index contributed by atoms with van der Waals surface area (Å²) in [6.07, 6.45) is 8.73. The number of hydrogen-bond donors (Lipinski definition) is 0. The highest BCUT2D eigenvalue weighted by Crippen LogP contribution is 2.29. The molecule has 2 aliphatic rings. The van der Waals surface area contributed by atoms with Gasteiger partial charge in [0.15, 0.2) is 11.6 Å². The number of carbonyl (C=O) groups excluding carboxylic acids is 1. The lowest BCUT2D eigenvalue weighted by Gasteiger charge is -2.35. The van der Waals surface area contributed by atoms with Crippen LogP contribution in [0, 0.1) is 5.92 Å². The van der Waals surface area contributed by atoms with E-state index in [1.54, 1.807) is 6.26 Å². The molecule has 1 aliphatic heterocycles. The van der Waals surface area contributed by atoms with Crippen molar-refractivity contribution < 1.29 is 9.21 Å². The SMILES string of the molecule is O=C(CCC1CCCC1)N1CCN(c2ccc(-c3ccco3)nn2)CC1. The molecule has 0 spiro atoms. The van der Waals surface area contributed by atoms with Crippen molar-refractivity contribution in [3.05, 3.63) is 30.5 Å². The molecule has 0 unspecified atom stereocenters.